The first kappa shape index (κ1) is 27.9. The fraction of sp³-hybridized carbons (Fsp3) is 0.312. The number of amides is 1. The molecule has 6 nitrogen and oxygen atoms in total. The molecule has 1 heterocycles. The van der Waals surface area contributed by atoms with Crippen LogP contribution in [-0.2, 0) is 16.0 Å². The molecule has 0 radical (unpaired) electrons. The van der Waals surface area contributed by atoms with E-state index in [1.54, 1.807) is 30.3 Å². The molecule has 4 aromatic rings. The molecule has 0 saturated heterocycles. The Morgan fingerprint density at radius 2 is 1.64 bits per heavy atom. The zero-order valence-electron chi connectivity index (χ0n) is 22.8. The molecule has 3 aromatic carbocycles. The van der Waals surface area contributed by atoms with Crippen LogP contribution in [0.2, 0.25) is 0 Å². The smallest absolute Gasteiger partial charge is 0.306 e. The summed E-state index contributed by atoms with van der Waals surface area (Å²) in [7, 11) is 0. The van der Waals surface area contributed by atoms with Gasteiger partial charge in [0.2, 0.25) is 0 Å². The van der Waals surface area contributed by atoms with E-state index in [-0.39, 0.29) is 23.7 Å². The standard InChI is InChI=1S/C32H34FN3O3/c1-21(22-10-6-5-7-11-22)34-31(38)24-16-19-26-28(20-24)35-27(12-8-9-13-29(37)39-32(2,3)4)30(36-26)23-14-17-25(33)18-15-23/h5-7,10-11,14-21H,8-9,12-13H2,1-4H3,(H,34,38). The third kappa shape index (κ3) is 7.69. The number of unbranched alkanes of at least 4 members (excludes halogenated alkanes) is 1. The highest BCUT2D eigenvalue weighted by Crippen LogP contribution is 2.26. The van der Waals surface area contributed by atoms with Crippen LogP contribution in [0.3, 0.4) is 0 Å². The number of carbonyl (C=O) groups excluding carboxylic acids is 2. The minimum absolute atomic E-state index is 0.151. The molecule has 39 heavy (non-hydrogen) atoms. The molecule has 0 aliphatic heterocycles. The topological polar surface area (TPSA) is 81.2 Å². The Morgan fingerprint density at radius 1 is 0.923 bits per heavy atom. The first-order valence-corrected chi connectivity index (χ1v) is 13.2. The molecule has 7 heteroatoms. The third-order valence-corrected chi connectivity index (χ3v) is 6.23. The van der Waals surface area contributed by atoms with E-state index in [0.29, 0.717) is 48.0 Å². The molecule has 1 unspecified atom stereocenters. The van der Waals surface area contributed by atoms with Crippen LogP contribution in [0, 0.1) is 5.82 Å². The first-order chi connectivity index (χ1) is 18.6. The lowest BCUT2D eigenvalue weighted by Gasteiger charge is -2.19. The van der Waals surface area contributed by atoms with Crippen LogP contribution >= 0.6 is 0 Å². The molecule has 0 saturated carbocycles. The molecule has 0 spiro atoms. The van der Waals surface area contributed by atoms with Crippen molar-refractivity contribution >= 4 is 22.9 Å². The van der Waals surface area contributed by atoms with Gasteiger partial charge in [0.05, 0.1) is 28.5 Å². The van der Waals surface area contributed by atoms with Crippen LogP contribution in [0.25, 0.3) is 22.3 Å². The van der Waals surface area contributed by atoms with Crippen LogP contribution in [0.15, 0.2) is 72.8 Å². The van der Waals surface area contributed by atoms with Gasteiger partial charge in [0.1, 0.15) is 11.4 Å². The Balaban J connectivity index is 1.56. The lowest BCUT2D eigenvalue weighted by molar-refractivity contribution is -0.154. The molecule has 202 valence electrons. The lowest BCUT2D eigenvalue weighted by Crippen LogP contribution is -2.26. The second-order valence-corrected chi connectivity index (χ2v) is 10.6. The van der Waals surface area contributed by atoms with Crippen molar-refractivity contribution in [1.29, 1.82) is 0 Å². The number of esters is 1. The van der Waals surface area contributed by atoms with Gasteiger partial charge in [-0.05, 0) is 95.0 Å². The maximum absolute atomic E-state index is 13.6. The Hall–Kier alpha value is -4.13. The van der Waals surface area contributed by atoms with E-state index in [1.807, 2.05) is 58.0 Å². The molecular formula is C32H34FN3O3. The first-order valence-electron chi connectivity index (χ1n) is 13.2. The van der Waals surface area contributed by atoms with Gasteiger partial charge in [0, 0.05) is 17.5 Å². The summed E-state index contributed by atoms with van der Waals surface area (Å²) in [5, 5.41) is 3.04. The van der Waals surface area contributed by atoms with Gasteiger partial charge in [0.25, 0.3) is 5.91 Å². The number of benzene rings is 3. The van der Waals surface area contributed by atoms with Gasteiger partial charge in [0.15, 0.2) is 0 Å². The number of hydrogen-bond acceptors (Lipinski definition) is 5. The van der Waals surface area contributed by atoms with Crippen LogP contribution in [0.1, 0.15) is 74.6 Å². The highest BCUT2D eigenvalue weighted by atomic mass is 19.1. The van der Waals surface area contributed by atoms with Gasteiger partial charge < -0.3 is 10.1 Å². The molecular weight excluding hydrogens is 493 g/mol. The number of aryl methyl sites for hydroxylation is 1. The average Bonchev–Trinajstić information content (AvgIpc) is 2.90. The van der Waals surface area contributed by atoms with Crippen molar-refractivity contribution in [3.05, 3.63) is 95.4 Å². The zero-order chi connectivity index (χ0) is 28.0. The highest BCUT2D eigenvalue weighted by molar-refractivity contribution is 5.97. The maximum atomic E-state index is 13.6. The number of carbonyl (C=O) groups is 2. The second kappa shape index (κ2) is 12.2. The number of fused-ring (bicyclic) bond motifs is 1. The maximum Gasteiger partial charge on any atom is 0.306 e. The fourth-order valence-corrected chi connectivity index (χ4v) is 4.30. The summed E-state index contributed by atoms with van der Waals surface area (Å²) in [6.45, 7) is 7.49. The van der Waals surface area contributed by atoms with E-state index in [0.717, 1.165) is 16.8 Å². The minimum Gasteiger partial charge on any atom is -0.460 e. The SMILES string of the molecule is CC(NC(=O)c1ccc2nc(-c3ccc(F)cc3)c(CCCCC(=O)OC(C)(C)C)nc2c1)c1ccccc1. The molecule has 1 aromatic heterocycles. The number of halogens is 1. The van der Waals surface area contributed by atoms with Gasteiger partial charge in [-0.15, -0.1) is 0 Å². The largest absolute Gasteiger partial charge is 0.460 e. The number of nitrogens with one attached hydrogen (secondary N) is 1. The van der Waals surface area contributed by atoms with Gasteiger partial charge in [-0.3, -0.25) is 9.59 Å². The van der Waals surface area contributed by atoms with Crippen molar-refractivity contribution in [2.24, 2.45) is 0 Å². The van der Waals surface area contributed by atoms with E-state index < -0.39 is 5.60 Å². The molecule has 0 aliphatic carbocycles. The number of rotatable bonds is 9. The zero-order valence-corrected chi connectivity index (χ0v) is 22.8. The highest BCUT2D eigenvalue weighted by Gasteiger charge is 2.17. The number of ether oxygens (including phenoxy) is 1. The minimum atomic E-state index is -0.514. The van der Waals surface area contributed by atoms with Crippen molar-refractivity contribution < 1.29 is 18.7 Å². The van der Waals surface area contributed by atoms with E-state index in [4.69, 9.17) is 14.7 Å². The molecule has 1 atom stereocenters. The van der Waals surface area contributed by atoms with Gasteiger partial charge in [-0.25, -0.2) is 14.4 Å². The molecule has 0 aliphatic rings. The Bertz CT molecular complexity index is 1450. The summed E-state index contributed by atoms with van der Waals surface area (Å²) in [6.07, 6.45) is 2.22. The average molecular weight is 528 g/mol. The molecule has 1 N–H and O–H groups in total. The lowest BCUT2D eigenvalue weighted by atomic mass is 10.0. The van der Waals surface area contributed by atoms with E-state index in [1.165, 1.54) is 12.1 Å². The fourth-order valence-electron chi connectivity index (χ4n) is 4.30. The Labute approximate surface area is 228 Å². The van der Waals surface area contributed by atoms with Gasteiger partial charge >= 0.3 is 5.97 Å². The van der Waals surface area contributed by atoms with Gasteiger partial charge in [-0.2, -0.15) is 0 Å². The third-order valence-electron chi connectivity index (χ3n) is 6.23. The van der Waals surface area contributed by atoms with Crippen molar-refractivity contribution in [2.75, 3.05) is 0 Å². The van der Waals surface area contributed by atoms with Crippen molar-refractivity contribution in [3.8, 4) is 11.3 Å². The van der Waals surface area contributed by atoms with Crippen LogP contribution in [-0.4, -0.2) is 27.4 Å². The Kier molecular flexibility index (Phi) is 8.69. The summed E-state index contributed by atoms with van der Waals surface area (Å²) < 4.78 is 19.0. The quantitative estimate of drug-likeness (QED) is 0.188. The van der Waals surface area contributed by atoms with Gasteiger partial charge in [-0.1, -0.05) is 30.3 Å². The summed E-state index contributed by atoms with van der Waals surface area (Å²) in [6, 6.07) is 21.0. The monoisotopic (exact) mass is 527 g/mol. The van der Waals surface area contributed by atoms with Crippen molar-refractivity contribution in [2.45, 2.75) is 65.0 Å². The predicted molar refractivity (Wildman–Crippen MR) is 151 cm³/mol. The number of nitrogens with zero attached hydrogens (tertiary/aromatic N) is 2. The van der Waals surface area contributed by atoms with Crippen LogP contribution in [0.4, 0.5) is 4.39 Å². The number of aromatic nitrogens is 2. The van der Waals surface area contributed by atoms with Crippen molar-refractivity contribution in [3.63, 3.8) is 0 Å². The summed E-state index contributed by atoms with van der Waals surface area (Å²) >= 11 is 0. The summed E-state index contributed by atoms with van der Waals surface area (Å²) in [4.78, 5) is 34.8. The van der Waals surface area contributed by atoms with E-state index >= 15 is 0 Å². The molecule has 1 amide bonds. The normalized spacial score (nSPS) is 12.2. The Morgan fingerprint density at radius 3 is 2.33 bits per heavy atom. The van der Waals surface area contributed by atoms with Crippen LogP contribution < -0.4 is 5.32 Å². The molecule has 0 bridgehead atoms. The van der Waals surface area contributed by atoms with Crippen LogP contribution in [0.5, 0.6) is 0 Å². The number of hydrogen-bond donors (Lipinski definition) is 1. The molecule has 4 rings (SSSR count). The van der Waals surface area contributed by atoms with Crippen molar-refractivity contribution in [1.82, 2.24) is 15.3 Å². The predicted octanol–water partition coefficient (Wildman–Crippen LogP) is 6.98. The summed E-state index contributed by atoms with van der Waals surface area (Å²) in [5.41, 5.74) is 4.38. The summed E-state index contributed by atoms with van der Waals surface area (Å²) in [5.74, 6) is -0.755. The van der Waals surface area contributed by atoms with E-state index in [9.17, 15) is 14.0 Å². The molecule has 0 fully saturated rings. The second-order valence-electron chi connectivity index (χ2n) is 10.6. The van der Waals surface area contributed by atoms with E-state index in [2.05, 4.69) is 5.32 Å².